The number of nitrogens with zero attached hydrogens (tertiary/aromatic N) is 4. The summed E-state index contributed by atoms with van der Waals surface area (Å²) < 4.78 is 54.4. The third kappa shape index (κ3) is 5.31. The summed E-state index contributed by atoms with van der Waals surface area (Å²) in [5, 5.41) is 9.46. The predicted molar refractivity (Wildman–Crippen MR) is 98.1 cm³/mol. The van der Waals surface area contributed by atoms with E-state index in [0.717, 1.165) is 56.7 Å². The summed E-state index contributed by atoms with van der Waals surface area (Å²) in [5.41, 5.74) is -2.12. The van der Waals surface area contributed by atoms with Crippen LogP contribution in [0.2, 0.25) is 0 Å². The topological polar surface area (TPSA) is 63.1 Å². The Morgan fingerprint density at radius 1 is 1.17 bits per heavy atom. The van der Waals surface area contributed by atoms with Crippen molar-refractivity contribution in [2.24, 2.45) is 5.92 Å². The van der Waals surface area contributed by atoms with Crippen molar-refractivity contribution in [3.05, 3.63) is 41.5 Å². The molecule has 1 aliphatic heterocycles. The molecule has 1 atom stereocenters. The molecular weight excluding hydrogens is 390 g/mol. The van der Waals surface area contributed by atoms with E-state index in [0.29, 0.717) is 4.68 Å². The Labute approximate surface area is 165 Å². The molecule has 1 saturated heterocycles. The van der Waals surface area contributed by atoms with Crippen molar-refractivity contribution in [3.8, 4) is 5.69 Å². The molecular formula is C19H23F4N5O. The second-order valence-electron chi connectivity index (χ2n) is 7.35. The number of halogens is 4. The van der Waals surface area contributed by atoms with Crippen LogP contribution in [0.25, 0.3) is 5.69 Å². The molecule has 29 heavy (non-hydrogen) atoms. The standard InChI is InChI=1S/C19H23F4N5O/c1-13(12-27-9-3-2-4-10-27)11-24-18(29)16-17(19(21,22)23)28(26-25-16)15-7-5-14(20)6-8-15/h5-8,13H,2-4,9-12H2,1H3,(H,24,29). The molecule has 1 unspecified atom stereocenters. The van der Waals surface area contributed by atoms with Gasteiger partial charge in [0.1, 0.15) is 5.82 Å². The number of benzene rings is 1. The largest absolute Gasteiger partial charge is 0.435 e. The molecule has 0 aliphatic carbocycles. The Balaban J connectivity index is 1.72. The van der Waals surface area contributed by atoms with Crippen LogP contribution in [-0.2, 0) is 6.18 Å². The Bertz CT molecular complexity index is 828. The van der Waals surface area contributed by atoms with Crippen molar-refractivity contribution in [3.63, 3.8) is 0 Å². The van der Waals surface area contributed by atoms with Crippen LogP contribution in [0.1, 0.15) is 42.4 Å². The number of carbonyl (C=O) groups is 1. The molecule has 0 spiro atoms. The summed E-state index contributed by atoms with van der Waals surface area (Å²) in [4.78, 5) is 14.7. The van der Waals surface area contributed by atoms with Gasteiger partial charge in [0.15, 0.2) is 11.4 Å². The van der Waals surface area contributed by atoms with Gasteiger partial charge < -0.3 is 10.2 Å². The molecule has 0 radical (unpaired) electrons. The minimum atomic E-state index is -4.86. The number of amides is 1. The summed E-state index contributed by atoms with van der Waals surface area (Å²) in [5.74, 6) is -1.45. The molecule has 0 saturated carbocycles. The van der Waals surface area contributed by atoms with Crippen LogP contribution in [0.3, 0.4) is 0 Å². The van der Waals surface area contributed by atoms with Crippen molar-refractivity contribution >= 4 is 5.91 Å². The van der Waals surface area contributed by atoms with Crippen LogP contribution < -0.4 is 5.32 Å². The van der Waals surface area contributed by atoms with Crippen molar-refractivity contribution < 1.29 is 22.4 Å². The molecule has 1 aromatic carbocycles. The molecule has 3 rings (SSSR count). The van der Waals surface area contributed by atoms with Gasteiger partial charge in [-0.05, 0) is 56.1 Å². The number of piperidine rings is 1. The number of nitrogens with one attached hydrogen (secondary N) is 1. The zero-order valence-corrected chi connectivity index (χ0v) is 16.0. The van der Waals surface area contributed by atoms with Gasteiger partial charge >= 0.3 is 6.18 Å². The highest BCUT2D eigenvalue weighted by atomic mass is 19.4. The second-order valence-corrected chi connectivity index (χ2v) is 7.35. The monoisotopic (exact) mass is 413 g/mol. The maximum Gasteiger partial charge on any atom is 0.435 e. The van der Waals surface area contributed by atoms with Crippen LogP contribution in [-0.4, -0.2) is 52.0 Å². The van der Waals surface area contributed by atoms with Gasteiger partial charge in [0.05, 0.1) is 5.69 Å². The first-order chi connectivity index (χ1) is 13.8. The van der Waals surface area contributed by atoms with Gasteiger partial charge in [0.2, 0.25) is 0 Å². The second kappa shape index (κ2) is 8.89. The molecule has 0 bridgehead atoms. The number of rotatable bonds is 6. The zero-order chi connectivity index (χ0) is 21.0. The smallest absolute Gasteiger partial charge is 0.350 e. The van der Waals surface area contributed by atoms with E-state index in [9.17, 15) is 22.4 Å². The molecule has 1 N–H and O–H groups in total. The van der Waals surface area contributed by atoms with E-state index in [1.165, 1.54) is 6.42 Å². The highest BCUT2D eigenvalue weighted by molar-refractivity contribution is 5.93. The molecule has 2 aromatic rings. The first kappa shape index (κ1) is 21.2. The number of carbonyl (C=O) groups excluding carboxylic acids is 1. The van der Waals surface area contributed by atoms with E-state index in [1.54, 1.807) is 0 Å². The van der Waals surface area contributed by atoms with Crippen LogP contribution in [0.15, 0.2) is 24.3 Å². The Kier molecular flexibility index (Phi) is 6.51. The van der Waals surface area contributed by atoms with Crippen molar-refractivity contribution in [1.29, 1.82) is 0 Å². The number of alkyl halides is 3. The summed E-state index contributed by atoms with van der Waals surface area (Å²) in [7, 11) is 0. The molecule has 1 fully saturated rings. The van der Waals surface area contributed by atoms with E-state index in [-0.39, 0.29) is 18.2 Å². The predicted octanol–water partition coefficient (Wildman–Crippen LogP) is 3.28. The van der Waals surface area contributed by atoms with Gasteiger partial charge in [-0.1, -0.05) is 18.6 Å². The maximum atomic E-state index is 13.6. The zero-order valence-electron chi connectivity index (χ0n) is 16.0. The van der Waals surface area contributed by atoms with Gasteiger partial charge in [-0.25, -0.2) is 9.07 Å². The lowest BCUT2D eigenvalue weighted by Gasteiger charge is -2.29. The van der Waals surface area contributed by atoms with Crippen LogP contribution in [0.5, 0.6) is 0 Å². The van der Waals surface area contributed by atoms with Crippen LogP contribution in [0.4, 0.5) is 17.6 Å². The SMILES string of the molecule is CC(CNC(=O)c1nnn(-c2ccc(F)cc2)c1C(F)(F)F)CN1CCCCC1. The first-order valence-electron chi connectivity index (χ1n) is 9.55. The molecule has 1 aromatic heterocycles. The van der Waals surface area contributed by atoms with E-state index in [4.69, 9.17) is 0 Å². The van der Waals surface area contributed by atoms with Crippen LogP contribution >= 0.6 is 0 Å². The van der Waals surface area contributed by atoms with Crippen LogP contribution in [0, 0.1) is 11.7 Å². The third-order valence-corrected chi connectivity index (χ3v) is 4.85. The van der Waals surface area contributed by atoms with Gasteiger partial charge in [-0.15, -0.1) is 5.10 Å². The summed E-state index contributed by atoms with van der Waals surface area (Å²) in [6.07, 6.45) is -1.36. The van der Waals surface area contributed by atoms with Crippen molar-refractivity contribution in [2.45, 2.75) is 32.4 Å². The van der Waals surface area contributed by atoms with E-state index >= 15 is 0 Å². The highest BCUT2D eigenvalue weighted by Gasteiger charge is 2.42. The minimum absolute atomic E-state index is 0.0382. The quantitative estimate of drug-likeness (QED) is 0.739. The number of hydrogen-bond acceptors (Lipinski definition) is 4. The van der Waals surface area contributed by atoms with Gasteiger partial charge in [-0.2, -0.15) is 13.2 Å². The van der Waals surface area contributed by atoms with Gasteiger partial charge in [0, 0.05) is 13.1 Å². The van der Waals surface area contributed by atoms with Crippen molar-refractivity contribution in [2.75, 3.05) is 26.2 Å². The first-order valence-corrected chi connectivity index (χ1v) is 9.55. The minimum Gasteiger partial charge on any atom is -0.350 e. The summed E-state index contributed by atoms with van der Waals surface area (Å²) in [6.45, 7) is 4.95. The van der Waals surface area contributed by atoms with E-state index in [1.807, 2.05) is 6.92 Å². The van der Waals surface area contributed by atoms with E-state index in [2.05, 4.69) is 20.5 Å². The Hall–Kier alpha value is -2.49. The fraction of sp³-hybridized carbons (Fsp3) is 0.526. The molecule has 158 valence electrons. The maximum absolute atomic E-state index is 13.6. The van der Waals surface area contributed by atoms with Gasteiger partial charge in [0.25, 0.3) is 5.91 Å². The number of aromatic nitrogens is 3. The molecule has 1 aliphatic rings. The average molecular weight is 413 g/mol. The summed E-state index contributed by atoms with van der Waals surface area (Å²) >= 11 is 0. The highest BCUT2D eigenvalue weighted by Crippen LogP contribution is 2.32. The Morgan fingerprint density at radius 3 is 2.45 bits per heavy atom. The molecule has 1 amide bonds. The normalized spacial score (nSPS) is 16.6. The average Bonchev–Trinajstić information content (AvgIpc) is 3.13. The molecule has 10 heteroatoms. The molecule has 6 nitrogen and oxygen atoms in total. The lowest BCUT2D eigenvalue weighted by molar-refractivity contribution is -0.143. The van der Waals surface area contributed by atoms with Crippen molar-refractivity contribution in [1.82, 2.24) is 25.2 Å². The lowest BCUT2D eigenvalue weighted by Crippen LogP contribution is -2.38. The third-order valence-electron chi connectivity index (χ3n) is 4.85. The number of hydrogen-bond donors (Lipinski definition) is 1. The summed E-state index contributed by atoms with van der Waals surface area (Å²) in [6, 6.07) is 4.31. The Morgan fingerprint density at radius 2 is 1.83 bits per heavy atom. The lowest BCUT2D eigenvalue weighted by atomic mass is 10.1. The fourth-order valence-electron chi connectivity index (χ4n) is 3.45. The molecule has 2 heterocycles. The number of likely N-dealkylation sites (tertiary alicyclic amines) is 1. The fourth-order valence-corrected chi connectivity index (χ4v) is 3.45. The van der Waals surface area contributed by atoms with Gasteiger partial charge in [-0.3, -0.25) is 4.79 Å². The van der Waals surface area contributed by atoms with E-state index < -0.39 is 29.3 Å².